The van der Waals surface area contributed by atoms with E-state index in [2.05, 4.69) is 21.2 Å². The normalized spacial score (nSPS) is 13.9. The van der Waals surface area contributed by atoms with Crippen molar-refractivity contribution in [1.82, 2.24) is 5.32 Å². The number of rotatable bonds is 4. The highest BCUT2D eigenvalue weighted by molar-refractivity contribution is 9.09. The van der Waals surface area contributed by atoms with E-state index >= 15 is 0 Å². The maximum atomic E-state index is 12.3. The molecule has 1 aromatic rings. The molecular weight excluding hydrogens is 271 g/mol. The highest BCUT2D eigenvalue weighted by Crippen LogP contribution is 2.21. The second-order valence-corrected chi connectivity index (χ2v) is 3.76. The van der Waals surface area contributed by atoms with Crippen molar-refractivity contribution in [2.45, 2.75) is 18.8 Å². The molecule has 0 aliphatic rings. The summed E-state index contributed by atoms with van der Waals surface area (Å²) in [5, 5.41) is 2.32. The molecule has 0 bridgehead atoms. The summed E-state index contributed by atoms with van der Waals surface area (Å²) in [6.45, 7) is 0.219. The lowest BCUT2D eigenvalue weighted by atomic mass is 10.2. The van der Waals surface area contributed by atoms with Crippen molar-refractivity contribution in [3.8, 4) is 0 Å². The van der Waals surface area contributed by atoms with E-state index in [0.717, 1.165) is 5.56 Å². The number of alkyl halides is 4. The molecule has 0 amide bonds. The van der Waals surface area contributed by atoms with Crippen molar-refractivity contribution in [2.75, 3.05) is 5.33 Å². The van der Waals surface area contributed by atoms with Gasteiger partial charge < -0.3 is 5.32 Å². The number of hydrogen-bond donors (Lipinski definition) is 1. The largest absolute Gasteiger partial charge is 0.404 e. The number of nitrogens with one attached hydrogen (secondary N) is 1. The van der Waals surface area contributed by atoms with Crippen LogP contribution in [0.4, 0.5) is 13.2 Å². The summed E-state index contributed by atoms with van der Waals surface area (Å²) in [5.41, 5.74) is 0.840. The molecular formula is C10H11BrF3N. The molecule has 0 radical (unpaired) electrons. The van der Waals surface area contributed by atoms with Crippen molar-refractivity contribution < 1.29 is 13.2 Å². The molecule has 5 heteroatoms. The van der Waals surface area contributed by atoms with Crippen LogP contribution in [0.5, 0.6) is 0 Å². The molecule has 1 N–H and O–H groups in total. The minimum absolute atomic E-state index is 0.136. The summed E-state index contributed by atoms with van der Waals surface area (Å²) in [7, 11) is 0. The number of hydrogen-bond acceptors (Lipinski definition) is 1. The van der Waals surface area contributed by atoms with Gasteiger partial charge >= 0.3 is 6.18 Å². The fraction of sp³-hybridized carbons (Fsp3) is 0.400. The average molecular weight is 282 g/mol. The second kappa shape index (κ2) is 5.51. The maximum Gasteiger partial charge on any atom is 0.404 e. The first-order valence-corrected chi connectivity index (χ1v) is 5.56. The molecule has 0 aliphatic carbocycles. The summed E-state index contributed by atoms with van der Waals surface area (Å²) in [4.78, 5) is 0. The fourth-order valence-electron chi connectivity index (χ4n) is 1.09. The zero-order valence-corrected chi connectivity index (χ0v) is 9.48. The van der Waals surface area contributed by atoms with E-state index in [1.54, 1.807) is 24.3 Å². The minimum atomic E-state index is -4.21. The Kier molecular flexibility index (Phi) is 4.60. The topological polar surface area (TPSA) is 12.0 Å². The lowest BCUT2D eigenvalue weighted by Gasteiger charge is -2.19. The Labute approximate surface area is 94.8 Å². The first kappa shape index (κ1) is 12.5. The molecule has 84 valence electrons. The van der Waals surface area contributed by atoms with Crippen LogP contribution in [0, 0.1) is 0 Å². The van der Waals surface area contributed by atoms with Crippen LogP contribution < -0.4 is 5.32 Å². The molecule has 15 heavy (non-hydrogen) atoms. The van der Waals surface area contributed by atoms with E-state index in [4.69, 9.17) is 0 Å². The molecule has 1 unspecified atom stereocenters. The Bertz CT molecular complexity index is 286. The monoisotopic (exact) mass is 281 g/mol. The molecule has 0 saturated heterocycles. The molecule has 0 saturated carbocycles. The predicted molar refractivity (Wildman–Crippen MR) is 56.9 cm³/mol. The summed E-state index contributed by atoms with van der Waals surface area (Å²) in [6.07, 6.45) is -4.21. The Morgan fingerprint density at radius 2 is 1.80 bits per heavy atom. The van der Waals surface area contributed by atoms with E-state index in [0.29, 0.717) is 0 Å². The zero-order chi connectivity index (χ0) is 11.3. The van der Waals surface area contributed by atoms with Crippen LogP contribution in [0.2, 0.25) is 0 Å². The Morgan fingerprint density at radius 3 is 2.27 bits per heavy atom. The van der Waals surface area contributed by atoms with Gasteiger partial charge in [-0.3, -0.25) is 0 Å². The van der Waals surface area contributed by atoms with Gasteiger partial charge in [-0.25, -0.2) is 0 Å². The summed E-state index contributed by atoms with van der Waals surface area (Å²) < 4.78 is 37.0. The smallest absolute Gasteiger partial charge is 0.301 e. The van der Waals surface area contributed by atoms with Crippen molar-refractivity contribution in [1.29, 1.82) is 0 Å². The van der Waals surface area contributed by atoms with E-state index < -0.39 is 12.2 Å². The van der Waals surface area contributed by atoms with E-state index in [1.807, 2.05) is 6.07 Å². The summed E-state index contributed by atoms with van der Waals surface area (Å²) in [5.74, 6) is 0. The Hall–Kier alpha value is -0.550. The average Bonchev–Trinajstić information content (AvgIpc) is 2.18. The summed E-state index contributed by atoms with van der Waals surface area (Å²) in [6, 6.07) is 7.50. The molecule has 1 rings (SSSR count). The van der Waals surface area contributed by atoms with Crippen molar-refractivity contribution in [3.63, 3.8) is 0 Å². The van der Waals surface area contributed by atoms with Gasteiger partial charge in [-0.1, -0.05) is 46.3 Å². The van der Waals surface area contributed by atoms with Gasteiger partial charge in [0.05, 0.1) is 0 Å². The molecule has 0 heterocycles. The Morgan fingerprint density at radius 1 is 1.20 bits per heavy atom. The predicted octanol–water partition coefficient (Wildman–Crippen LogP) is 3.10. The molecule has 1 aromatic carbocycles. The van der Waals surface area contributed by atoms with Gasteiger partial charge in [0.15, 0.2) is 0 Å². The van der Waals surface area contributed by atoms with Gasteiger partial charge in [0.2, 0.25) is 0 Å². The standard InChI is InChI=1S/C10H11BrF3N/c11-6-9(10(12,13)14)15-7-8-4-2-1-3-5-8/h1-5,9,15H,6-7H2. The van der Waals surface area contributed by atoms with Crippen LogP contribution in [0.3, 0.4) is 0 Å². The highest BCUT2D eigenvalue weighted by Gasteiger charge is 2.38. The lowest BCUT2D eigenvalue weighted by Crippen LogP contribution is -2.43. The van der Waals surface area contributed by atoms with Crippen LogP contribution in [0.1, 0.15) is 5.56 Å². The van der Waals surface area contributed by atoms with Crippen LogP contribution in [0.15, 0.2) is 30.3 Å². The first-order chi connectivity index (χ1) is 7.04. The third kappa shape index (κ3) is 4.22. The minimum Gasteiger partial charge on any atom is -0.301 e. The molecule has 1 atom stereocenters. The second-order valence-electron chi connectivity index (χ2n) is 3.12. The molecule has 0 aromatic heterocycles. The van der Waals surface area contributed by atoms with Crippen LogP contribution in [-0.2, 0) is 6.54 Å². The van der Waals surface area contributed by atoms with Crippen LogP contribution in [-0.4, -0.2) is 17.5 Å². The van der Waals surface area contributed by atoms with Crippen molar-refractivity contribution in [2.24, 2.45) is 0 Å². The molecule has 0 fully saturated rings. The van der Waals surface area contributed by atoms with Gasteiger partial charge in [-0.15, -0.1) is 0 Å². The van der Waals surface area contributed by atoms with Gasteiger partial charge in [0, 0.05) is 11.9 Å². The van der Waals surface area contributed by atoms with Gasteiger partial charge in [-0.2, -0.15) is 13.2 Å². The van der Waals surface area contributed by atoms with Gasteiger partial charge in [0.1, 0.15) is 6.04 Å². The fourth-order valence-corrected chi connectivity index (χ4v) is 1.69. The highest BCUT2D eigenvalue weighted by atomic mass is 79.9. The number of benzene rings is 1. The SMILES string of the molecule is FC(F)(F)C(CBr)NCc1ccccc1. The van der Waals surface area contributed by atoms with Gasteiger partial charge in [0.25, 0.3) is 0 Å². The van der Waals surface area contributed by atoms with Crippen LogP contribution >= 0.6 is 15.9 Å². The number of halogens is 4. The van der Waals surface area contributed by atoms with E-state index in [1.165, 1.54) is 0 Å². The van der Waals surface area contributed by atoms with Crippen molar-refractivity contribution in [3.05, 3.63) is 35.9 Å². The molecule has 1 nitrogen and oxygen atoms in total. The maximum absolute atomic E-state index is 12.3. The third-order valence-electron chi connectivity index (χ3n) is 1.94. The quantitative estimate of drug-likeness (QED) is 0.837. The van der Waals surface area contributed by atoms with E-state index in [9.17, 15) is 13.2 Å². The van der Waals surface area contributed by atoms with Crippen molar-refractivity contribution >= 4 is 15.9 Å². The molecule has 0 aliphatic heterocycles. The molecule has 0 spiro atoms. The first-order valence-electron chi connectivity index (χ1n) is 4.44. The van der Waals surface area contributed by atoms with E-state index in [-0.39, 0.29) is 11.9 Å². The van der Waals surface area contributed by atoms with Gasteiger partial charge in [-0.05, 0) is 5.56 Å². The van der Waals surface area contributed by atoms with Crippen LogP contribution in [0.25, 0.3) is 0 Å². The zero-order valence-electron chi connectivity index (χ0n) is 7.89. The lowest BCUT2D eigenvalue weighted by molar-refractivity contribution is -0.150. The Balaban J connectivity index is 2.49. The third-order valence-corrected chi connectivity index (χ3v) is 2.59. The summed E-state index contributed by atoms with van der Waals surface area (Å²) >= 11 is 2.84.